The monoisotopic (exact) mass is 464 g/mol. The molecule has 7 heteroatoms. The van der Waals surface area contributed by atoms with Crippen molar-refractivity contribution in [2.24, 2.45) is 4.99 Å². The van der Waals surface area contributed by atoms with E-state index in [0.717, 1.165) is 23.1 Å². The predicted molar refractivity (Wildman–Crippen MR) is 132 cm³/mol. The summed E-state index contributed by atoms with van der Waals surface area (Å²) < 4.78 is 11.3. The number of aryl methyl sites for hydroxylation is 1. The predicted octanol–water partition coefficient (Wildman–Crippen LogP) is 5.07. The topological polar surface area (TPSA) is 88.4 Å². The van der Waals surface area contributed by atoms with Crippen LogP contribution in [0, 0.1) is 6.92 Å². The van der Waals surface area contributed by atoms with Crippen LogP contribution >= 0.6 is 0 Å². The maximum Gasteiger partial charge on any atom is 0.303 e. The summed E-state index contributed by atoms with van der Waals surface area (Å²) >= 11 is 0. The van der Waals surface area contributed by atoms with Crippen LogP contribution in [0.3, 0.4) is 0 Å². The summed E-state index contributed by atoms with van der Waals surface area (Å²) in [5, 5.41) is 8.85. The quantitative estimate of drug-likeness (QED) is 0.350. The maximum absolute atomic E-state index is 13.3. The zero-order valence-electron chi connectivity index (χ0n) is 20.0. The fourth-order valence-corrected chi connectivity index (χ4v) is 3.83. The highest BCUT2D eigenvalue weighted by atomic mass is 16.5. The van der Waals surface area contributed by atoms with E-state index >= 15 is 0 Å². The van der Waals surface area contributed by atoms with E-state index in [2.05, 4.69) is 0 Å². The lowest BCUT2D eigenvalue weighted by atomic mass is 10.1. The zero-order chi connectivity index (χ0) is 24.5. The lowest BCUT2D eigenvalue weighted by Gasteiger charge is -2.19. The lowest BCUT2D eigenvalue weighted by Crippen LogP contribution is -2.34. The van der Waals surface area contributed by atoms with Gasteiger partial charge in [-0.2, -0.15) is 0 Å². The molecule has 0 aliphatic carbocycles. The van der Waals surface area contributed by atoms with E-state index in [1.165, 1.54) is 0 Å². The van der Waals surface area contributed by atoms with E-state index in [1.54, 1.807) is 11.0 Å². The highest BCUT2D eigenvalue weighted by molar-refractivity contribution is 6.20. The number of aliphatic imine (C=N–C) groups is 1. The van der Waals surface area contributed by atoms with Crippen LogP contribution in [0.25, 0.3) is 6.08 Å². The van der Waals surface area contributed by atoms with Gasteiger partial charge in [0.1, 0.15) is 11.5 Å². The molecule has 1 heterocycles. The van der Waals surface area contributed by atoms with Crippen molar-refractivity contribution >= 4 is 23.8 Å². The van der Waals surface area contributed by atoms with Gasteiger partial charge in [0.25, 0.3) is 5.91 Å². The first-order chi connectivity index (χ1) is 16.4. The Morgan fingerprint density at radius 3 is 2.47 bits per heavy atom. The van der Waals surface area contributed by atoms with Gasteiger partial charge in [-0.05, 0) is 62.9 Å². The van der Waals surface area contributed by atoms with Gasteiger partial charge in [0, 0.05) is 18.5 Å². The third kappa shape index (κ3) is 6.25. The Kier molecular flexibility index (Phi) is 8.85. The first-order valence-electron chi connectivity index (χ1n) is 11.7. The molecule has 34 heavy (non-hydrogen) atoms. The molecule has 0 aromatic heterocycles. The lowest BCUT2D eigenvalue weighted by molar-refractivity contribution is -0.137. The molecule has 0 bridgehead atoms. The van der Waals surface area contributed by atoms with Crippen molar-refractivity contribution in [3.8, 4) is 11.5 Å². The highest BCUT2D eigenvalue weighted by Gasteiger charge is 2.31. The number of aliphatic carboxylic acids is 1. The Labute approximate surface area is 200 Å². The second-order valence-corrected chi connectivity index (χ2v) is 8.01. The van der Waals surface area contributed by atoms with Crippen molar-refractivity contribution < 1.29 is 24.2 Å². The Hall–Kier alpha value is -3.61. The summed E-state index contributed by atoms with van der Waals surface area (Å²) in [4.78, 5) is 30.6. The molecule has 0 atom stereocenters. The van der Waals surface area contributed by atoms with Crippen LogP contribution < -0.4 is 9.47 Å². The summed E-state index contributed by atoms with van der Waals surface area (Å²) in [5.74, 6) is 0.956. The summed E-state index contributed by atoms with van der Waals surface area (Å²) in [6, 6.07) is 13.4. The number of hydrogen-bond acceptors (Lipinski definition) is 5. The van der Waals surface area contributed by atoms with Crippen molar-refractivity contribution in [2.45, 2.75) is 46.5 Å². The van der Waals surface area contributed by atoms with Gasteiger partial charge >= 0.3 is 5.97 Å². The second-order valence-electron chi connectivity index (χ2n) is 8.01. The highest BCUT2D eigenvalue weighted by Crippen LogP contribution is 2.31. The molecule has 0 unspecified atom stereocenters. The van der Waals surface area contributed by atoms with Crippen LogP contribution in [-0.4, -0.2) is 47.5 Å². The van der Waals surface area contributed by atoms with Crippen molar-refractivity contribution in [3.63, 3.8) is 0 Å². The van der Waals surface area contributed by atoms with E-state index in [1.807, 2.05) is 63.2 Å². The van der Waals surface area contributed by atoms with E-state index in [0.29, 0.717) is 55.6 Å². The van der Waals surface area contributed by atoms with Gasteiger partial charge in [-0.3, -0.25) is 14.5 Å². The van der Waals surface area contributed by atoms with Gasteiger partial charge in [0.15, 0.2) is 11.5 Å². The first kappa shape index (κ1) is 25.0. The first-order valence-corrected chi connectivity index (χ1v) is 11.7. The molecule has 180 valence electrons. The SMILES string of the molecule is CCOc1ccc(/C=C2\N=C(c3ccccc3C)N(CCCCCC(=O)O)C2=O)cc1OCC. The number of rotatable bonds is 12. The number of hydrogen-bond donors (Lipinski definition) is 1. The summed E-state index contributed by atoms with van der Waals surface area (Å²) in [6.45, 7) is 7.34. The number of carbonyl (C=O) groups is 2. The number of carboxylic acids is 1. The van der Waals surface area contributed by atoms with Crippen LogP contribution in [0.1, 0.15) is 56.2 Å². The number of nitrogens with zero attached hydrogens (tertiary/aromatic N) is 2. The van der Waals surface area contributed by atoms with Crippen molar-refractivity contribution in [1.82, 2.24) is 4.90 Å². The molecule has 0 fully saturated rings. The fourth-order valence-electron chi connectivity index (χ4n) is 3.83. The summed E-state index contributed by atoms with van der Waals surface area (Å²) in [5.41, 5.74) is 3.10. The number of carbonyl (C=O) groups excluding carboxylic acids is 1. The Bertz CT molecular complexity index is 1090. The number of amidine groups is 1. The van der Waals surface area contributed by atoms with Gasteiger partial charge < -0.3 is 14.6 Å². The zero-order valence-corrected chi connectivity index (χ0v) is 20.0. The van der Waals surface area contributed by atoms with E-state index in [4.69, 9.17) is 19.6 Å². The molecule has 1 aliphatic rings. The third-order valence-electron chi connectivity index (χ3n) is 5.48. The number of unbranched alkanes of at least 4 members (excludes halogenated alkanes) is 2. The molecule has 7 nitrogen and oxygen atoms in total. The minimum atomic E-state index is -0.800. The van der Waals surface area contributed by atoms with Gasteiger partial charge in [0.05, 0.1) is 13.2 Å². The molecular weight excluding hydrogens is 432 g/mol. The molecular formula is C27H32N2O5. The minimum Gasteiger partial charge on any atom is -0.490 e. The molecule has 0 spiro atoms. The molecule has 0 radical (unpaired) electrons. The van der Waals surface area contributed by atoms with Crippen molar-refractivity contribution in [2.75, 3.05) is 19.8 Å². The van der Waals surface area contributed by atoms with Crippen LogP contribution in [0.5, 0.6) is 11.5 Å². The van der Waals surface area contributed by atoms with Crippen LogP contribution in [0.4, 0.5) is 0 Å². The third-order valence-corrected chi connectivity index (χ3v) is 5.48. The van der Waals surface area contributed by atoms with Crippen molar-refractivity contribution in [3.05, 3.63) is 64.9 Å². The van der Waals surface area contributed by atoms with Gasteiger partial charge in [-0.15, -0.1) is 0 Å². The van der Waals surface area contributed by atoms with E-state index in [-0.39, 0.29) is 12.3 Å². The number of benzene rings is 2. The summed E-state index contributed by atoms with van der Waals surface area (Å²) in [7, 11) is 0. The molecule has 3 rings (SSSR count). The van der Waals surface area contributed by atoms with Crippen LogP contribution in [0.15, 0.2) is 53.2 Å². The number of amides is 1. The summed E-state index contributed by atoms with van der Waals surface area (Å²) in [6.07, 6.45) is 3.92. The normalized spacial score (nSPS) is 14.4. The van der Waals surface area contributed by atoms with Crippen LogP contribution in [-0.2, 0) is 9.59 Å². The Morgan fingerprint density at radius 1 is 1.03 bits per heavy atom. The molecule has 2 aromatic rings. The molecule has 2 aromatic carbocycles. The van der Waals surface area contributed by atoms with Crippen molar-refractivity contribution in [1.29, 1.82) is 0 Å². The molecule has 0 saturated carbocycles. The molecule has 0 saturated heterocycles. The molecule has 1 amide bonds. The fraction of sp³-hybridized carbons (Fsp3) is 0.370. The standard InChI is InChI=1S/C27H32N2O5/c1-4-33-23-15-14-20(18-24(23)34-5-2)17-22-27(32)29(16-10-6-7-13-25(30)31)26(28-22)21-12-9-8-11-19(21)3/h8-9,11-12,14-15,17-18H,4-7,10,13,16H2,1-3H3,(H,30,31)/b22-17-. The van der Waals surface area contributed by atoms with E-state index in [9.17, 15) is 9.59 Å². The number of carboxylic acid groups (broad SMARTS) is 1. The molecule has 1 N–H and O–H groups in total. The number of ether oxygens (including phenoxy) is 2. The second kappa shape index (κ2) is 12.0. The van der Waals surface area contributed by atoms with E-state index < -0.39 is 5.97 Å². The van der Waals surface area contributed by atoms with Gasteiger partial charge in [-0.25, -0.2) is 4.99 Å². The smallest absolute Gasteiger partial charge is 0.303 e. The van der Waals surface area contributed by atoms with Gasteiger partial charge in [0.2, 0.25) is 0 Å². The maximum atomic E-state index is 13.3. The minimum absolute atomic E-state index is 0.137. The van der Waals surface area contributed by atoms with Crippen LogP contribution in [0.2, 0.25) is 0 Å². The van der Waals surface area contributed by atoms with Gasteiger partial charge in [-0.1, -0.05) is 36.8 Å². The Morgan fingerprint density at radius 2 is 1.76 bits per heavy atom. The average molecular weight is 465 g/mol. The largest absolute Gasteiger partial charge is 0.490 e. The average Bonchev–Trinajstić information content (AvgIpc) is 3.10. The Balaban J connectivity index is 1.89. The molecule has 1 aliphatic heterocycles.